The minimum atomic E-state index is -4.87. The molecular weight excluding hydrogens is 464 g/mol. The molecule has 0 spiro atoms. The van der Waals surface area contributed by atoms with Gasteiger partial charge in [0.1, 0.15) is 4.70 Å². The molecule has 0 saturated carbocycles. The van der Waals surface area contributed by atoms with Crippen molar-refractivity contribution in [2.24, 2.45) is 11.8 Å². The largest absolute Gasteiger partial charge is 0.393 e. The van der Waals surface area contributed by atoms with E-state index in [1.807, 2.05) is 0 Å². The lowest BCUT2D eigenvalue weighted by molar-refractivity contribution is -0.226. The SMILES string of the molecule is Cc1c(C(=O)N2CC(C(F)(F)F)CC(C(F)(F)F)C2)cnn1-c1nc2ccsc2c(=O)[nH]1. The maximum absolute atomic E-state index is 13.2. The number of hydrogen-bond acceptors (Lipinski definition) is 5. The number of carbonyl (C=O) groups is 1. The molecular formula is C18H15F6N5O2S. The first kappa shape index (κ1) is 22.3. The van der Waals surface area contributed by atoms with Gasteiger partial charge in [0.05, 0.1) is 34.8 Å². The molecule has 7 nitrogen and oxygen atoms in total. The summed E-state index contributed by atoms with van der Waals surface area (Å²) < 4.78 is 80.8. The molecule has 14 heteroatoms. The normalized spacial score (nSPS) is 20.2. The van der Waals surface area contributed by atoms with Crippen molar-refractivity contribution in [1.29, 1.82) is 0 Å². The quantitative estimate of drug-likeness (QED) is 0.569. The van der Waals surface area contributed by atoms with Gasteiger partial charge < -0.3 is 4.90 Å². The summed E-state index contributed by atoms with van der Waals surface area (Å²) in [6.07, 6.45) is -9.84. The highest BCUT2D eigenvalue weighted by Gasteiger charge is 2.52. The first-order chi connectivity index (χ1) is 14.9. The van der Waals surface area contributed by atoms with Crippen LogP contribution in [0.5, 0.6) is 0 Å². The molecule has 4 rings (SSSR count). The Morgan fingerprint density at radius 2 is 1.78 bits per heavy atom. The molecule has 1 amide bonds. The fourth-order valence-corrected chi connectivity index (χ4v) is 4.43. The number of nitrogens with zero attached hydrogens (tertiary/aromatic N) is 4. The summed E-state index contributed by atoms with van der Waals surface area (Å²) in [4.78, 5) is 32.4. The number of halogens is 6. The average molecular weight is 479 g/mol. The van der Waals surface area contributed by atoms with Crippen molar-refractivity contribution >= 4 is 27.5 Å². The summed E-state index contributed by atoms with van der Waals surface area (Å²) in [6, 6.07) is 1.60. The second-order valence-electron chi connectivity index (χ2n) is 7.50. The van der Waals surface area contributed by atoms with Gasteiger partial charge in [-0.2, -0.15) is 31.4 Å². The second kappa shape index (κ2) is 7.60. The van der Waals surface area contributed by atoms with Gasteiger partial charge in [-0.25, -0.2) is 9.67 Å². The molecule has 2 unspecified atom stereocenters. The molecule has 0 bridgehead atoms. The summed E-state index contributed by atoms with van der Waals surface area (Å²) in [5.41, 5.74) is -0.124. The highest BCUT2D eigenvalue weighted by Crippen LogP contribution is 2.41. The molecule has 4 heterocycles. The molecule has 0 aromatic carbocycles. The Labute approximate surface area is 179 Å². The zero-order valence-corrected chi connectivity index (χ0v) is 17.1. The lowest BCUT2D eigenvalue weighted by Crippen LogP contribution is -2.51. The van der Waals surface area contributed by atoms with Crippen LogP contribution in [0.25, 0.3) is 16.2 Å². The van der Waals surface area contributed by atoms with Crippen molar-refractivity contribution in [3.05, 3.63) is 39.3 Å². The fraction of sp³-hybridized carbons (Fsp3) is 0.444. The summed E-state index contributed by atoms with van der Waals surface area (Å²) in [5.74, 6) is -5.62. The smallest absolute Gasteiger partial charge is 0.337 e. The number of amides is 1. The number of H-pyrrole nitrogens is 1. The van der Waals surface area contributed by atoms with E-state index >= 15 is 0 Å². The van der Waals surface area contributed by atoms with Gasteiger partial charge in [0, 0.05) is 13.1 Å². The van der Waals surface area contributed by atoms with Crippen LogP contribution in [-0.2, 0) is 0 Å². The van der Waals surface area contributed by atoms with Gasteiger partial charge in [0.25, 0.3) is 11.5 Å². The van der Waals surface area contributed by atoms with Crippen LogP contribution in [-0.4, -0.2) is 56.0 Å². The van der Waals surface area contributed by atoms with Crippen LogP contribution < -0.4 is 5.56 Å². The Morgan fingerprint density at radius 1 is 1.16 bits per heavy atom. The number of rotatable bonds is 2. The van der Waals surface area contributed by atoms with Gasteiger partial charge in [-0.3, -0.25) is 14.6 Å². The topological polar surface area (TPSA) is 83.9 Å². The first-order valence-electron chi connectivity index (χ1n) is 9.31. The second-order valence-corrected chi connectivity index (χ2v) is 8.42. The number of carbonyl (C=O) groups excluding carboxylic acids is 1. The van der Waals surface area contributed by atoms with Gasteiger partial charge in [0.2, 0.25) is 5.95 Å². The van der Waals surface area contributed by atoms with E-state index < -0.39 is 55.2 Å². The number of nitrogens with one attached hydrogen (secondary N) is 1. The molecule has 1 aliphatic rings. The summed E-state index contributed by atoms with van der Waals surface area (Å²) in [5, 5.41) is 5.62. The predicted octanol–water partition coefficient (Wildman–Crippen LogP) is 3.68. The number of fused-ring (bicyclic) bond motifs is 1. The number of aromatic nitrogens is 4. The van der Waals surface area contributed by atoms with E-state index in [4.69, 9.17) is 0 Å². The van der Waals surface area contributed by atoms with Crippen LogP contribution in [0, 0.1) is 18.8 Å². The van der Waals surface area contributed by atoms with E-state index in [0.29, 0.717) is 15.1 Å². The van der Waals surface area contributed by atoms with Gasteiger partial charge >= 0.3 is 12.4 Å². The van der Waals surface area contributed by atoms with E-state index in [1.54, 1.807) is 11.4 Å². The van der Waals surface area contributed by atoms with Crippen molar-refractivity contribution in [1.82, 2.24) is 24.6 Å². The maximum atomic E-state index is 13.2. The van der Waals surface area contributed by atoms with Crippen LogP contribution in [0.3, 0.4) is 0 Å². The number of aromatic amines is 1. The third kappa shape index (κ3) is 3.98. The Morgan fingerprint density at radius 3 is 2.38 bits per heavy atom. The molecule has 0 radical (unpaired) electrons. The highest BCUT2D eigenvalue weighted by molar-refractivity contribution is 7.17. The molecule has 1 saturated heterocycles. The van der Waals surface area contributed by atoms with Crippen molar-refractivity contribution in [3.63, 3.8) is 0 Å². The first-order valence-corrected chi connectivity index (χ1v) is 10.2. The molecule has 2 atom stereocenters. The van der Waals surface area contributed by atoms with E-state index in [9.17, 15) is 35.9 Å². The molecule has 172 valence electrons. The third-order valence-corrected chi connectivity index (χ3v) is 6.31. The standard InChI is InChI=1S/C18H15F6N5O2S/c1-8-11(5-25-29(8)16-26-12-2-3-32-13(12)14(30)27-16)15(31)28-6-9(17(19,20)21)4-10(7-28)18(22,23)24/h2-3,5,9-10H,4,6-7H2,1H3,(H,26,27,30). The van der Waals surface area contributed by atoms with E-state index in [0.717, 1.165) is 10.9 Å². The van der Waals surface area contributed by atoms with Crippen molar-refractivity contribution in [3.8, 4) is 5.95 Å². The van der Waals surface area contributed by atoms with Gasteiger partial charge in [-0.15, -0.1) is 11.3 Å². The van der Waals surface area contributed by atoms with E-state index in [2.05, 4.69) is 15.1 Å². The molecule has 1 fully saturated rings. The van der Waals surface area contributed by atoms with Crippen LogP contribution in [0.4, 0.5) is 26.3 Å². The van der Waals surface area contributed by atoms with Crippen LogP contribution in [0.1, 0.15) is 22.5 Å². The predicted molar refractivity (Wildman–Crippen MR) is 102 cm³/mol. The zero-order valence-electron chi connectivity index (χ0n) is 16.3. The Balaban J connectivity index is 1.67. The maximum Gasteiger partial charge on any atom is 0.393 e. The Bertz CT molecular complexity index is 1210. The molecule has 0 aliphatic carbocycles. The Kier molecular flexibility index (Phi) is 5.30. The molecule has 1 N–H and O–H groups in total. The lowest BCUT2D eigenvalue weighted by atomic mass is 9.88. The van der Waals surface area contributed by atoms with Gasteiger partial charge in [-0.05, 0) is 24.8 Å². The number of hydrogen-bond donors (Lipinski definition) is 1. The van der Waals surface area contributed by atoms with Gasteiger partial charge in [-0.1, -0.05) is 0 Å². The zero-order chi connectivity index (χ0) is 23.4. The summed E-state index contributed by atoms with van der Waals surface area (Å²) in [7, 11) is 0. The minimum Gasteiger partial charge on any atom is -0.337 e. The number of piperidine rings is 1. The van der Waals surface area contributed by atoms with E-state index in [1.165, 1.54) is 18.3 Å². The monoisotopic (exact) mass is 479 g/mol. The molecule has 32 heavy (non-hydrogen) atoms. The van der Waals surface area contributed by atoms with Crippen LogP contribution >= 0.6 is 11.3 Å². The highest BCUT2D eigenvalue weighted by atomic mass is 32.1. The summed E-state index contributed by atoms with van der Waals surface area (Å²) >= 11 is 1.17. The van der Waals surface area contributed by atoms with Crippen LogP contribution in [0.2, 0.25) is 0 Å². The number of likely N-dealkylation sites (tertiary alicyclic amines) is 1. The number of thiophene rings is 1. The lowest BCUT2D eigenvalue weighted by Gasteiger charge is -2.39. The van der Waals surface area contributed by atoms with Crippen molar-refractivity contribution in [2.75, 3.05) is 13.1 Å². The number of alkyl halides is 6. The molecule has 3 aromatic rings. The Hall–Kier alpha value is -2.90. The molecule has 3 aromatic heterocycles. The van der Waals surface area contributed by atoms with Gasteiger partial charge in [0.15, 0.2) is 0 Å². The van der Waals surface area contributed by atoms with E-state index in [-0.39, 0.29) is 17.2 Å². The average Bonchev–Trinajstić information content (AvgIpc) is 3.32. The molecule has 1 aliphatic heterocycles. The van der Waals surface area contributed by atoms with Crippen molar-refractivity contribution < 1.29 is 31.1 Å². The fourth-order valence-electron chi connectivity index (χ4n) is 3.70. The minimum absolute atomic E-state index is 0.0302. The van der Waals surface area contributed by atoms with Crippen molar-refractivity contribution in [2.45, 2.75) is 25.7 Å². The van der Waals surface area contributed by atoms with Crippen LogP contribution in [0.15, 0.2) is 22.4 Å². The third-order valence-electron chi connectivity index (χ3n) is 5.41. The summed E-state index contributed by atoms with van der Waals surface area (Å²) in [6.45, 7) is -0.352.